The van der Waals surface area contributed by atoms with E-state index in [4.69, 9.17) is 11.6 Å². The zero-order valence-corrected chi connectivity index (χ0v) is 14.0. The van der Waals surface area contributed by atoms with Crippen molar-refractivity contribution in [2.45, 2.75) is 24.5 Å². The van der Waals surface area contributed by atoms with Crippen molar-refractivity contribution in [3.05, 3.63) is 35.4 Å². The first-order valence-corrected chi connectivity index (χ1v) is 9.24. The van der Waals surface area contributed by atoms with E-state index in [0.717, 1.165) is 11.1 Å². The lowest BCUT2D eigenvalue weighted by Gasteiger charge is -2.27. The third kappa shape index (κ3) is 2.45. The maximum atomic E-state index is 11.6. The number of halogens is 1. The van der Waals surface area contributed by atoms with Gasteiger partial charge < -0.3 is 9.51 Å². The number of nitrogens with one attached hydrogen (secondary N) is 2. The summed E-state index contributed by atoms with van der Waals surface area (Å²) in [5, 5.41) is 11.6. The largest absolute Gasteiger partial charge is 0.385 e. The number of aliphatic hydroxyl groups is 1. The van der Waals surface area contributed by atoms with Crippen molar-refractivity contribution in [1.29, 1.82) is 0 Å². The lowest BCUT2D eigenvalue weighted by Crippen LogP contribution is -2.39. The molecule has 0 bridgehead atoms. The van der Waals surface area contributed by atoms with Gasteiger partial charge in [0.05, 0.1) is 28.7 Å². The number of pyridine rings is 1. The van der Waals surface area contributed by atoms with Crippen LogP contribution in [0.25, 0.3) is 5.52 Å². The zero-order valence-electron chi connectivity index (χ0n) is 12.4. The summed E-state index contributed by atoms with van der Waals surface area (Å²) in [6.07, 6.45) is 6.12. The molecule has 2 aromatic rings. The van der Waals surface area contributed by atoms with Crippen LogP contribution in [0.1, 0.15) is 18.4 Å². The fraction of sp³-hybridized carbons (Fsp3) is 0.500. The Morgan fingerprint density at radius 2 is 2.13 bits per heavy atom. The summed E-state index contributed by atoms with van der Waals surface area (Å²) in [6, 6.07) is 1.67. The van der Waals surface area contributed by atoms with E-state index in [-0.39, 0.29) is 17.9 Å². The minimum absolute atomic E-state index is 0.104. The summed E-state index contributed by atoms with van der Waals surface area (Å²) < 4.78 is 29.8. The summed E-state index contributed by atoms with van der Waals surface area (Å²) in [5.41, 5.74) is 0.582. The van der Waals surface area contributed by atoms with Crippen LogP contribution in [0.4, 0.5) is 0 Å². The van der Waals surface area contributed by atoms with E-state index in [1.165, 1.54) is 7.05 Å². The van der Waals surface area contributed by atoms with E-state index in [1.54, 1.807) is 29.2 Å². The molecule has 4 rings (SSSR count). The highest BCUT2D eigenvalue weighted by atomic mass is 35.5. The molecule has 0 amide bonds. The fourth-order valence-corrected chi connectivity index (χ4v) is 4.91. The van der Waals surface area contributed by atoms with Crippen LogP contribution in [0.3, 0.4) is 0 Å². The number of nitrogens with zero attached hydrogens (tertiary/aromatic N) is 2. The van der Waals surface area contributed by atoms with Crippen molar-refractivity contribution in [1.82, 2.24) is 18.8 Å². The first-order chi connectivity index (χ1) is 10.8. The van der Waals surface area contributed by atoms with Crippen LogP contribution in [0, 0.1) is 11.8 Å². The van der Waals surface area contributed by atoms with Crippen LogP contribution in [0.5, 0.6) is 0 Å². The maximum Gasteiger partial charge on any atom is 0.276 e. The quantitative estimate of drug-likeness (QED) is 0.749. The van der Waals surface area contributed by atoms with Gasteiger partial charge in [-0.05, 0) is 30.7 Å². The Balaban J connectivity index is 1.60. The number of imidazole rings is 1. The van der Waals surface area contributed by atoms with Gasteiger partial charge in [0.1, 0.15) is 0 Å². The standard InChI is InChI=1S/C14H17ClN4O3S/c1-16-23(21,22)18-13-9-3-14(20,4-10(9)13)11-2-8(15)6-19-7-17-5-12(11)19/h2,5-7,9-10,13,16,18,20H,3-4H2,1H3/t9-,10+,13?,14?. The van der Waals surface area contributed by atoms with E-state index in [0.29, 0.717) is 17.9 Å². The summed E-state index contributed by atoms with van der Waals surface area (Å²) in [5.74, 6) is 0.287. The Bertz CT molecular complexity index is 869. The van der Waals surface area contributed by atoms with Crippen molar-refractivity contribution < 1.29 is 13.5 Å². The Morgan fingerprint density at radius 1 is 1.43 bits per heavy atom. The first kappa shape index (κ1) is 15.3. The molecule has 0 spiro atoms. The molecular formula is C14H17ClN4O3S. The number of aromatic nitrogens is 2. The fourth-order valence-electron chi connectivity index (χ4n) is 3.87. The monoisotopic (exact) mass is 356 g/mol. The molecule has 3 N–H and O–H groups in total. The van der Waals surface area contributed by atoms with Gasteiger partial charge in [0.25, 0.3) is 10.2 Å². The van der Waals surface area contributed by atoms with Crippen molar-refractivity contribution >= 4 is 27.3 Å². The summed E-state index contributed by atoms with van der Waals surface area (Å²) in [6.45, 7) is 0. The van der Waals surface area contributed by atoms with E-state index >= 15 is 0 Å². The van der Waals surface area contributed by atoms with Crippen LogP contribution in [0.2, 0.25) is 5.02 Å². The van der Waals surface area contributed by atoms with Gasteiger partial charge in [0.2, 0.25) is 0 Å². The van der Waals surface area contributed by atoms with Gasteiger partial charge >= 0.3 is 0 Å². The normalized spacial score (nSPS) is 33.1. The van der Waals surface area contributed by atoms with Crippen LogP contribution < -0.4 is 9.44 Å². The molecule has 2 unspecified atom stereocenters. The van der Waals surface area contributed by atoms with Crippen LogP contribution in [-0.2, 0) is 15.8 Å². The van der Waals surface area contributed by atoms with Gasteiger partial charge in [-0.25, -0.2) is 9.71 Å². The van der Waals surface area contributed by atoms with Gasteiger partial charge in [-0.2, -0.15) is 13.1 Å². The molecule has 4 atom stereocenters. The maximum absolute atomic E-state index is 11.6. The number of rotatable bonds is 4. The molecule has 0 aliphatic heterocycles. The van der Waals surface area contributed by atoms with Crippen molar-refractivity contribution in [2.75, 3.05) is 7.05 Å². The molecule has 124 valence electrons. The van der Waals surface area contributed by atoms with Crippen molar-refractivity contribution in [3.63, 3.8) is 0 Å². The molecule has 2 fully saturated rings. The van der Waals surface area contributed by atoms with Crippen LogP contribution >= 0.6 is 11.6 Å². The van der Waals surface area contributed by atoms with Crippen molar-refractivity contribution in [2.24, 2.45) is 11.8 Å². The molecule has 0 saturated heterocycles. The average molecular weight is 357 g/mol. The van der Waals surface area contributed by atoms with E-state index in [9.17, 15) is 13.5 Å². The second-order valence-electron chi connectivity index (χ2n) is 6.38. The highest BCUT2D eigenvalue weighted by molar-refractivity contribution is 7.87. The topological polar surface area (TPSA) is 95.7 Å². The molecule has 2 aromatic heterocycles. The molecule has 0 aromatic carbocycles. The number of hydrogen-bond acceptors (Lipinski definition) is 4. The summed E-state index contributed by atoms with van der Waals surface area (Å²) >= 11 is 6.14. The molecule has 7 nitrogen and oxygen atoms in total. The Labute approximate surface area is 138 Å². The minimum atomic E-state index is -3.45. The Morgan fingerprint density at radius 3 is 2.78 bits per heavy atom. The van der Waals surface area contributed by atoms with Gasteiger partial charge in [0.15, 0.2) is 0 Å². The lowest BCUT2D eigenvalue weighted by atomic mass is 9.88. The summed E-state index contributed by atoms with van der Waals surface area (Å²) in [4.78, 5) is 4.10. The van der Waals surface area contributed by atoms with E-state index < -0.39 is 15.8 Å². The van der Waals surface area contributed by atoms with Crippen molar-refractivity contribution in [3.8, 4) is 0 Å². The van der Waals surface area contributed by atoms with Gasteiger partial charge in [-0.15, -0.1) is 0 Å². The second-order valence-corrected chi connectivity index (χ2v) is 8.46. The minimum Gasteiger partial charge on any atom is -0.385 e. The Hall–Kier alpha value is -1.19. The van der Waals surface area contributed by atoms with Crippen LogP contribution in [0.15, 0.2) is 24.8 Å². The molecule has 9 heteroatoms. The van der Waals surface area contributed by atoms with Crippen LogP contribution in [-0.4, -0.2) is 36.0 Å². The van der Waals surface area contributed by atoms with Gasteiger partial charge in [-0.3, -0.25) is 0 Å². The SMILES string of the molecule is CNS(=O)(=O)NC1[C@H]2CC(O)(c3cc(Cl)cn4cncc34)C[C@@H]12. The van der Waals surface area contributed by atoms with Gasteiger partial charge in [0, 0.05) is 24.8 Å². The zero-order chi connectivity index (χ0) is 16.4. The molecule has 2 aliphatic rings. The number of hydrogen-bond donors (Lipinski definition) is 3. The molecule has 2 heterocycles. The van der Waals surface area contributed by atoms with Gasteiger partial charge in [-0.1, -0.05) is 11.6 Å². The van der Waals surface area contributed by atoms with E-state index in [1.807, 2.05) is 0 Å². The lowest BCUT2D eigenvalue weighted by molar-refractivity contribution is 0.0300. The smallest absolute Gasteiger partial charge is 0.276 e. The average Bonchev–Trinajstić information content (AvgIpc) is 2.88. The first-order valence-electron chi connectivity index (χ1n) is 7.38. The number of fused-ring (bicyclic) bond motifs is 2. The molecule has 2 saturated carbocycles. The summed E-state index contributed by atoms with van der Waals surface area (Å²) in [7, 11) is -2.08. The predicted octanol–water partition coefficient (Wildman–Crippen LogP) is 0.638. The molecular weight excluding hydrogens is 340 g/mol. The third-order valence-corrected chi connectivity index (χ3v) is 6.35. The molecule has 23 heavy (non-hydrogen) atoms. The molecule has 0 radical (unpaired) electrons. The second kappa shape index (κ2) is 4.90. The highest BCUT2D eigenvalue weighted by Gasteiger charge is 2.62. The highest BCUT2D eigenvalue weighted by Crippen LogP contribution is 2.60. The third-order valence-electron chi connectivity index (χ3n) is 5.03. The molecule has 2 aliphatic carbocycles. The Kier molecular flexibility index (Phi) is 3.27. The predicted molar refractivity (Wildman–Crippen MR) is 85.2 cm³/mol. The van der Waals surface area contributed by atoms with E-state index in [2.05, 4.69) is 14.4 Å².